The second kappa shape index (κ2) is 29.3. The van der Waals surface area contributed by atoms with Crippen LogP contribution in [0.2, 0.25) is 0 Å². The summed E-state index contributed by atoms with van der Waals surface area (Å²) in [5.41, 5.74) is 0.776. The Hall–Kier alpha value is -5.25. The van der Waals surface area contributed by atoms with Crippen LogP contribution in [-0.2, 0) is 28.4 Å². The number of hydrogen-bond donors (Lipinski definition) is 3. The summed E-state index contributed by atoms with van der Waals surface area (Å²) < 4.78 is 45.1. The van der Waals surface area contributed by atoms with Crippen LogP contribution in [-0.4, -0.2) is 116 Å². The summed E-state index contributed by atoms with van der Waals surface area (Å²) >= 11 is 0. The molecule has 0 saturated carbocycles. The molecule has 0 radical (unpaired) electrons. The standard InChI is InChI=1S/C16H24O6.C12H16O5.C8H8O4.2CH4/c1-18-6-4-8-21-14-10-13(16(17)20-3)11-15(12-14)22-9-5-7-19-2;1-15-4-3-5-17-11-7-9(12(14)16-2)6-10(13)8-11;1-12-8(11)5-2-6(9)4-7(10)3-5;;/h10-12H,4-9H2,1-3H3;6-8,13H,3-5H2,1-2H3;2-4,9-10H,1H3;2*1H4. The molecular weight excluding hydrogens is 696 g/mol. The van der Waals surface area contributed by atoms with Crippen molar-refractivity contribution in [2.24, 2.45) is 0 Å². The lowest BCUT2D eigenvalue weighted by molar-refractivity contribution is 0.0591. The van der Waals surface area contributed by atoms with Crippen molar-refractivity contribution in [3.8, 4) is 34.5 Å². The number of carbonyl (C=O) groups is 3. The SMILES string of the molecule is C.C.COC(=O)c1cc(O)cc(O)c1.COCCCOc1cc(O)cc(C(=O)OC)c1.COCCCOc1cc(OCCCOC)cc(C(=O)OC)c1. The molecule has 0 atom stereocenters. The molecule has 0 unspecified atom stereocenters. The van der Waals surface area contributed by atoms with Gasteiger partial charge in [-0.2, -0.15) is 0 Å². The van der Waals surface area contributed by atoms with Crippen molar-refractivity contribution in [1.82, 2.24) is 0 Å². The molecule has 0 aliphatic carbocycles. The van der Waals surface area contributed by atoms with E-state index in [2.05, 4.69) is 9.47 Å². The molecule has 3 aromatic carbocycles. The van der Waals surface area contributed by atoms with Gasteiger partial charge in [-0.1, -0.05) is 14.9 Å². The number of phenolic OH excluding ortho intramolecular Hbond substituents is 3. The zero-order valence-electron chi connectivity index (χ0n) is 29.8. The number of rotatable bonds is 18. The van der Waals surface area contributed by atoms with E-state index in [-0.39, 0.29) is 43.2 Å². The molecule has 15 nitrogen and oxygen atoms in total. The molecule has 3 rings (SSSR count). The van der Waals surface area contributed by atoms with Crippen molar-refractivity contribution >= 4 is 17.9 Å². The molecule has 3 N–H and O–H groups in total. The monoisotopic (exact) mass is 752 g/mol. The highest BCUT2D eigenvalue weighted by Gasteiger charge is 2.12. The molecule has 0 saturated heterocycles. The number of aromatic hydroxyl groups is 3. The molecule has 298 valence electrons. The smallest absolute Gasteiger partial charge is 0.338 e. The minimum Gasteiger partial charge on any atom is -0.508 e. The van der Waals surface area contributed by atoms with Gasteiger partial charge in [0.2, 0.25) is 0 Å². The molecule has 0 spiro atoms. The Morgan fingerprint density at radius 1 is 0.415 bits per heavy atom. The second-order valence-electron chi connectivity index (χ2n) is 10.2. The summed E-state index contributed by atoms with van der Waals surface area (Å²) in [5, 5.41) is 27.4. The van der Waals surface area contributed by atoms with Crippen LogP contribution < -0.4 is 14.2 Å². The number of phenols is 3. The normalized spacial score (nSPS) is 9.62. The van der Waals surface area contributed by atoms with Crippen LogP contribution in [0.1, 0.15) is 65.2 Å². The molecule has 0 aliphatic heterocycles. The first-order valence-electron chi connectivity index (χ1n) is 15.6. The van der Waals surface area contributed by atoms with Crippen molar-refractivity contribution in [1.29, 1.82) is 0 Å². The Bertz CT molecular complexity index is 1430. The van der Waals surface area contributed by atoms with Crippen LogP contribution >= 0.6 is 0 Å². The summed E-state index contributed by atoms with van der Waals surface area (Å²) in [6, 6.07) is 12.9. The molecule has 53 heavy (non-hydrogen) atoms. The Morgan fingerprint density at radius 3 is 1.02 bits per heavy atom. The Kier molecular flexibility index (Phi) is 27.6. The van der Waals surface area contributed by atoms with Crippen molar-refractivity contribution < 1.29 is 72.3 Å². The molecule has 3 aromatic rings. The van der Waals surface area contributed by atoms with E-state index in [1.807, 2.05) is 0 Å². The van der Waals surface area contributed by atoms with E-state index in [9.17, 15) is 19.5 Å². The maximum atomic E-state index is 11.7. The third-order valence-corrected chi connectivity index (χ3v) is 6.22. The predicted molar refractivity (Wildman–Crippen MR) is 198 cm³/mol. The molecule has 0 aromatic heterocycles. The molecule has 15 heteroatoms. The van der Waals surface area contributed by atoms with Gasteiger partial charge in [0.25, 0.3) is 0 Å². The topological polar surface area (TPSA) is 195 Å². The first-order valence-corrected chi connectivity index (χ1v) is 15.6. The molecule has 0 fully saturated rings. The second-order valence-corrected chi connectivity index (χ2v) is 10.2. The van der Waals surface area contributed by atoms with Gasteiger partial charge in [-0.3, -0.25) is 0 Å². The Morgan fingerprint density at radius 2 is 0.698 bits per heavy atom. The summed E-state index contributed by atoms with van der Waals surface area (Å²) in [5.74, 6) is -0.337. The van der Waals surface area contributed by atoms with Crippen LogP contribution in [0.4, 0.5) is 0 Å². The van der Waals surface area contributed by atoms with E-state index in [0.717, 1.165) is 25.3 Å². The minimum absolute atomic E-state index is 0. The fourth-order valence-corrected chi connectivity index (χ4v) is 3.89. The molecular formula is C38H56O15. The number of esters is 3. The summed E-state index contributed by atoms with van der Waals surface area (Å²) in [7, 11) is 8.75. The average Bonchev–Trinajstić information content (AvgIpc) is 3.12. The number of carbonyl (C=O) groups excluding carboxylic acids is 3. The van der Waals surface area contributed by atoms with E-state index in [1.54, 1.807) is 39.5 Å². The van der Waals surface area contributed by atoms with Gasteiger partial charge in [-0.15, -0.1) is 0 Å². The number of methoxy groups -OCH3 is 6. The molecule has 0 bridgehead atoms. The van der Waals surface area contributed by atoms with Gasteiger partial charge >= 0.3 is 17.9 Å². The highest BCUT2D eigenvalue weighted by molar-refractivity contribution is 5.91. The van der Waals surface area contributed by atoms with Crippen LogP contribution in [0.5, 0.6) is 34.5 Å². The predicted octanol–water partition coefficient (Wildman–Crippen LogP) is 6.05. The summed E-state index contributed by atoms with van der Waals surface area (Å²) in [4.78, 5) is 33.9. The lowest BCUT2D eigenvalue weighted by Crippen LogP contribution is -2.06. The molecule has 0 heterocycles. The average molecular weight is 753 g/mol. The number of ether oxygens (including phenoxy) is 9. The largest absolute Gasteiger partial charge is 0.508 e. The third kappa shape index (κ3) is 21.0. The van der Waals surface area contributed by atoms with E-state index in [0.29, 0.717) is 62.5 Å². The van der Waals surface area contributed by atoms with Crippen molar-refractivity contribution in [3.05, 3.63) is 71.3 Å². The van der Waals surface area contributed by atoms with Crippen LogP contribution in [0.25, 0.3) is 0 Å². The van der Waals surface area contributed by atoms with Crippen LogP contribution in [0.3, 0.4) is 0 Å². The fourth-order valence-electron chi connectivity index (χ4n) is 3.89. The maximum absolute atomic E-state index is 11.7. The van der Waals surface area contributed by atoms with Gasteiger partial charge < -0.3 is 58.0 Å². The van der Waals surface area contributed by atoms with Gasteiger partial charge in [0.15, 0.2) is 0 Å². The van der Waals surface area contributed by atoms with Crippen LogP contribution in [0, 0.1) is 0 Å². The fraction of sp³-hybridized carbons (Fsp3) is 0.447. The zero-order chi connectivity index (χ0) is 38.0. The van der Waals surface area contributed by atoms with Gasteiger partial charge in [0, 0.05) is 78.6 Å². The van der Waals surface area contributed by atoms with Gasteiger partial charge in [-0.25, -0.2) is 14.4 Å². The van der Waals surface area contributed by atoms with Gasteiger partial charge in [-0.05, 0) is 36.4 Å². The zero-order valence-corrected chi connectivity index (χ0v) is 29.8. The summed E-state index contributed by atoms with van der Waals surface area (Å²) in [6.45, 7) is 3.30. The Balaban J connectivity index is 0. The first-order chi connectivity index (χ1) is 24.5. The highest BCUT2D eigenvalue weighted by atomic mass is 16.5. The van der Waals surface area contributed by atoms with Gasteiger partial charge in [0.1, 0.15) is 34.5 Å². The van der Waals surface area contributed by atoms with Crippen molar-refractivity contribution in [2.75, 3.05) is 82.3 Å². The van der Waals surface area contributed by atoms with E-state index < -0.39 is 17.9 Å². The van der Waals surface area contributed by atoms with E-state index in [4.69, 9.17) is 43.4 Å². The quantitative estimate of drug-likeness (QED) is 0.0771. The highest BCUT2D eigenvalue weighted by Crippen LogP contribution is 2.25. The lowest BCUT2D eigenvalue weighted by Gasteiger charge is -2.11. The van der Waals surface area contributed by atoms with Crippen molar-refractivity contribution in [3.63, 3.8) is 0 Å². The Labute approximate surface area is 312 Å². The lowest BCUT2D eigenvalue weighted by atomic mass is 10.2. The molecule has 0 amide bonds. The third-order valence-electron chi connectivity index (χ3n) is 6.22. The van der Waals surface area contributed by atoms with Gasteiger partial charge in [0.05, 0.1) is 57.8 Å². The van der Waals surface area contributed by atoms with Crippen molar-refractivity contribution in [2.45, 2.75) is 34.1 Å². The van der Waals surface area contributed by atoms with E-state index in [1.165, 1.54) is 51.7 Å². The molecule has 0 aliphatic rings. The minimum atomic E-state index is -0.596. The number of benzene rings is 3. The summed E-state index contributed by atoms with van der Waals surface area (Å²) in [6.07, 6.45) is 2.27. The maximum Gasteiger partial charge on any atom is 0.338 e. The van der Waals surface area contributed by atoms with Crippen LogP contribution in [0.15, 0.2) is 54.6 Å². The number of hydrogen-bond acceptors (Lipinski definition) is 15. The van der Waals surface area contributed by atoms with E-state index >= 15 is 0 Å². The first kappa shape index (κ1) is 49.9.